The topological polar surface area (TPSA) is 9.23 Å². The monoisotopic (exact) mass is 208 g/mol. The van der Waals surface area contributed by atoms with Crippen LogP contribution in [0.4, 0.5) is 0 Å². The molecule has 0 aromatic heterocycles. The van der Waals surface area contributed by atoms with Gasteiger partial charge in [0.2, 0.25) is 0 Å². The molecule has 0 aromatic carbocycles. The van der Waals surface area contributed by atoms with Crippen molar-refractivity contribution in [2.24, 2.45) is 0 Å². The predicted octanol–water partition coefficient (Wildman–Crippen LogP) is 2.71. The second kappa shape index (κ2) is 6.93. The van der Waals surface area contributed by atoms with Crippen LogP contribution in [0.1, 0.15) is 40.0 Å². The summed E-state index contributed by atoms with van der Waals surface area (Å²) in [5, 5.41) is 0.437. The highest BCUT2D eigenvalue weighted by Gasteiger charge is 2.10. The van der Waals surface area contributed by atoms with Crippen molar-refractivity contribution >= 4 is 21.4 Å². The summed E-state index contributed by atoms with van der Waals surface area (Å²) >= 11 is 5.55. The first-order valence-electron chi connectivity index (χ1n) is 4.70. The van der Waals surface area contributed by atoms with Crippen LogP contribution in [-0.4, -0.2) is 22.3 Å². The van der Waals surface area contributed by atoms with E-state index in [1.807, 2.05) is 0 Å². The molecule has 0 bridgehead atoms. The Morgan fingerprint density at radius 3 is 2.33 bits per heavy atom. The van der Waals surface area contributed by atoms with Gasteiger partial charge in [-0.3, -0.25) is 0 Å². The van der Waals surface area contributed by atoms with E-state index in [2.05, 4.69) is 20.8 Å². The lowest BCUT2D eigenvalue weighted by atomic mass is 10.3. The fourth-order valence-electron chi connectivity index (χ4n) is 0.854. The van der Waals surface area contributed by atoms with Crippen LogP contribution in [0.2, 0.25) is 5.04 Å². The molecule has 0 aromatic rings. The smallest absolute Gasteiger partial charge is 0.166 e. The quantitative estimate of drug-likeness (QED) is 0.371. The molecule has 0 aliphatic rings. The maximum absolute atomic E-state index is 5.64. The van der Waals surface area contributed by atoms with E-state index >= 15 is 0 Å². The molecule has 74 valence electrons. The van der Waals surface area contributed by atoms with E-state index in [0.717, 1.165) is 18.9 Å². The average molecular weight is 209 g/mol. The molecule has 0 fully saturated rings. The molecule has 0 N–H and O–H groups in total. The Labute approximate surface area is 83.8 Å². The summed E-state index contributed by atoms with van der Waals surface area (Å²) in [5.74, 6) is 0.788. The molecule has 0 radical (unpaired) electrons. The first-order chi connectivity index (χ1) is 5.56. The van der Waals surface area contributed by atoms with Gasteiger partial charge in [-0.2, -0.15) is 0 Å². The van der Waals surface area contributed by atoms with Crippen LogP contribution < -0.4 is 0 Å². The molecule has 0 aliphatic carbocycles. The van der Waals surface area contributed by atoms with Gasteiger partial charge in [0.25, 0.3) is 0 Å². The number of hydrogen-bond donors (Lipinski definition) is 0. The molecular weight excluding hydrogens is 188 g/mol. The molecule has 0 spiro atoms. The van der Waals surface area contributed by atoms with Crippen molar-refractivity contribution < 1.29 is 4.43 Å². The van der Waals surface area contributed by atoms with Crippen molar-refractivity contribution in [1.29, 1.82) is 0 Å². The van der Waals surface area contributed by atoms with Crippen molar-refractivity contribution in [3.05, 3.63) is 0 Å². The van der Waals surface area contributed by atoms with Crippen LogP contribution in [0, 0.1) is 0 Å². The fourth-order valence-corrected chi connectivity index (χ4v) is 2.00. The summed E-state index contributed by atoms with van der Waals surface area (Å²) in [7, 11) is -0.318. The maximum Gasteiger partial charge on any atom is 0.166 e. The van der Waals surface area contributed by atoms with E-state index in [4.69, 9.17) is 16.0 Å². The van der Waals surface area contributed by atoms with E-state index in [1.165, 1.54) is 12.8 Å². The lowest BCUT2D eigenvalue weighted by Crippen LogP contribution is -2.13. The van der Waals surface area contributed by atoms with Crippen LogP contribution in [0.5, 0.6) is 0 Å². The van der Waals surface area contributed by atoms with Crippen molar-refractivity contribution in [3.8, 4) is 0 Å². The van der Waals surface area contributed by atoms with Gasteiger partial charge in [0, 0.05) is 12.5 Å². The Kier molecular flexibility index (Phi) is 7.20. The molecule has 0 amide bonds. The molecule has 0 atom stereocenters. The first-order valence-corrected chi connectivity index (χ1v) is 6.52. The Hall–Kier alpha value is 0.467. The molecule has 1 nitrogen and oxygen atoms in total. The number of rotatable bonds is 6. The molecule has 0 rings (SSSR count). The normalized spacial score (nSPS) is 13.0. The molecule has 0 unspecified atom stereocenters. The Morgan fingerprint density at radius 2 is 1.83 bits per heavy atom. The number of halogens is 1. The molecule has 0 saturated carbocycles. The van der Waals surface area contributed by atoms with Crippen molar-refractivity contribution in [2.75, 3.05) is 12.5 Å². The lowest BCUT2D eigenvalue weighted by molar-refractivity contribution is 0.309. The highest BCUT2D eigenvalue weighted by molar-refractivity contribution is 6.31. The third-order valence-electron chi connectivity index (χ3n) is 1.46. The van der Waals surface area contributed by atoms with Crippen molar-refractivity contribution in [2.45, 2.75) is 45.1 Å². The minimum atomic E-state index is -0.318. The molecular formula is C9H21ClOSi. The Bertz CT molecular complexity index is 101. The summed E-state index contributed by atoms with van der Waals surface area (Å²) in [5.41, 5.74) is 0. The second-order valence-electron chi connectivity index (χ2n) is 4.36. The van der Waals surface area contributed by atoms with E-state index in [0.29, 0.717) is 5.04 Å². The van der Waals surface area contributed by atoms with Gasteiger partial charge >= 0.3 is 0 Å². The van der Waals surface area contributed by atoms with Gasteiger partial charge in [-0.05, 0) is 17.9 Å². The van der Waals surface area contributed by atoms with Gasteiger partial charge < -0.3 is 4.43 Å². The molecule has 0 heterocycles. The minimum Gasteiger partial charge on any atom is -0.423 e. The fraction of sp³-hybridized carbons (Fsp3) is 1.00. The van der Waals surface area contributed by atoms with Gasteiger partial charge in [-0.25, -0.2) is 0 Å². The third-order valence-corrected chi connectivity index (χ3v) is 3.08. The zero-order valence-corrected chi connectivity index (χ0v) is 10.7. The number of unbranched alkanes of at least 4 members (excludes halogenated alkanes) is 2. The SMILES string of the molecule is CC(C)(C)[SiH2]OCCCCCCl. The summed E-state index contributed by atoms with van der Waals surface area (Å²) in [6, 6.07) is 0. The van der Waals surface area contributed by atoms with Gasteiger partial charge in [0.15, 0.2) is 9.76 Å². The second-order valence-corrected chi connectivity index (χ2v) is 7.56. The molecule has 0 aliphatic heterocycles. The predicted molar refractivity (Wildman–Crippen MR) is 58.8 cm³/mol. The van der Waals surface area contributed by atoms with E-state index < -0.39 is 0 Å². The van der Waals surface area contributed by atoms with Gasteiger partial charge in [-0.15, -0.1) is 11.6 Å². The van der Waals surface area contributed by atoms with Crippen LogP contribution in [0.15, 0.2) is 0 Å². The number of alkyl halides is 1. The largest absolute Gasteiger partial charge is 0.423 e. The van der Waals surface area contributed by atoms with E-state index in [-0.39, 0.29) is 9.76 Å². The van der Waals surface area contributed by atoms with Crippen LogP contribution >= 0.6 is 11.6 Å². The van der Waals surface area contributed by atoms with Crippen LogP contribution in [0.3, 0.4) is 0 Å². The van der Waals surface area contributed by atoms with E-state index in [9.17, 15) is 0 Å². The zero-order valence-electron chi connectivity index (χ0n) is 8.53. The Balaban J connectivity index is 3.01. The van der Waals surface area contributed by atoms with Crippen LogP contribution in [0.25, 0.3) is 0 Å². The van der Waals surface area contributed by atoms with Crippen molar-refractivity contribution in [1.82, 2.24) is 0 Å². The van der Waals surface area contributed by atoms with Gasteiger partial charge in [0.1, 0.15) is 0 Å². The van der Waals surface area contributed by atoms with Gasteiger partial charge in [0.05, 0.1) is 0 Å². The molecule has 0 saturated heterocycles. The lowest BCUT2D eigenvalue weighted by Gasteiger charge is -2.16. The highest BCUT2D eigenvalue weighted by Crippen LogP contribution is 2.19. The molecule has 3 heteroatoms. The summed E-state index contributed by atoms with van der Waals surface area (Å²) in [4.78, 5) is 0. The van der Waals surface area contributed by atoms with Crippen molar-refractivity contribution in [3.63, 3.8) is 0 Å². The standard InChI is InChI=1S/C9H21ClOSi/c1-9(2,3)12-11-8-6-4-5-7-10/h4-8,12H2,1-3H3. The Morgan fingerprint density at radius 1 is 1.17 bits per heavy atom. The number of hydrogen-bond acceptors (Lipinski definition) is 1. The van der Waals surface area contributed by atoms with E-state index in [1.54, 1.807) is 0 Å². The maximum atomic E-state index is 5.64. The molecule has 12 heavy (non-hydrogen) atoms. The summed E-state index contributed by atoms with van der Waals surface area (Å²) < 4.78 is 5.64. The third kappa shape index (κ3) is 10.5. The summed E-state index contributed by atoms with van der Waals surface area (Å²) in [6.07, 6.45) is 3.51. The first kappa shape index (κ1) is 12.5. The minimum absolute atomic E-state index is 0.318. The highest BCUT2D eigenvalue weighted by atomic mass is 35.5. The van der Waals surface area contributed by atoms with Crippen LogP contribution in [-0.2, 0) is 4.43 Å². The van der Waals surface area contributed by atoms with Gasteiger partial charge in [-0.1, -0.05) is 27.2 Å². The zero-order chi connectivity index (χ0) is 9.45. The average Bonchev–Trinajstić information content (AvgIpc) is 1.94. The summed E-state index contributed by atoms with van der Waals surface area (Å²) in [6.45, 7) is 7.69.